The minimum atomic E-state index is -1.28. The highest BCUT2D eigenvalue weighted by molar-refractivity contribution is 5.91. The fraction of sp³-hybridized carbons (Fsp3) is 0.600. The van der Waals surface area contributed by atoms with Crippen LogP contribution in [0.25, 0.3) is 0 Å². The third-order valence-electron chi connectivity index (χ3n) is 6.14. The molecule has 0 aromatic rings. The molecule has 2 saturated carbocycles. The summed E-state index contributed by atoms with van der Waals surface area (Å²) < 4.78 is 11.2. The number of esters is 2. The van der Waals surface area contributed by atoms with Gasteiger partial charge in [-0.15, -0.1) is 0 Å². The van der Waals surface area contributed by atoms with Crippen LogP contribution in [-0.2, 0) is 19.1 Å². The quantitative estimate of drug-likeness (QED) is 0.483. The lowest BCUT2D eigenvalue weighted by Crippen LogP contribution is -2.42. The van der Waals surface area contributed by atoms with E-state index in [0.717, 1.165) is 0 Å². The summed E-state index contributed by atoms with van der Waals surface area (Å²) in [7, 11) is 0. The van der Waals surface area contributed by atoms with E-state index in [1.807, 2.05) is 13.8 Å². The second-order valence-electron chi connectivity index (χ2n) is 7.56. The third kappa shape index (κ3) is 2.65. The maximum Gasteiger partial charge on any atom is 0.334 e. The van der Waals surface area contributed by atoms with Gasteiger partial charge < -0.3 is 14.6 Å². The van der Waals surface area contributed by atoms with Crippen molar-refractivity contribution < 1.29 is 24.2 Å². The Morgan fingerprint density at radius 1 is 1.44 bits per heavy atom. The molecule has 5 heteroatoms. The van der Waals surface area contributed by atoms with E-state index >= 15 is 0 Å². The van der Waals surface area contributed by atoms with Crippen LogP contribution < -0.4 is 0 Å². The van der Waals surface area contributed by atoms with Gasteiger partial charge in [-0.1, -0.05) is 33.6 Å². The number of ether oxygens (including phenoxy) is 2. The van der Waals surface area contributed by atoms with Crippen LogP contribution in [0.15, 0.2) is 36.5 Å². The van der Waals surface area contributed by atoms with Gasteiger partial charge in [0.1, 0.15) is 12.2 Å². The Balaban J connectivity index is 1.91. The molecule has 6 atom stereocenters. The molecule has 1 heterocycles. The fourth-order valence-electron chi connectivity index (χ4n) is 4.25. The molecule has 0 aromatic heterocycles. The second-order valence-corrected chi connectivity index (χ2v) is 7.56. The van der Waals surface area contributed by atoms with Crippen LogP contribution in [-0.4, -0.2) is 34.9 Å². The van der Waals surface area contributed by atoms with Gasteiger partial charge >= 0.3 is 11.9 Å². The lowest BCUT2D eigenvalue weighted by molar-refractivity contribution is -0.152. The van der Waals surface area contributed by atoms with E-state index in [2.05, 4.69) is 19.7 Å². The monoisotopic (exact) mass is 346 g/mol. The second kappa shape index (κ2) is 6.13. The topological polar surface area (TPSA) is 72.8 Å². The molecule has 3 rings (SSSR count). The van der Waals surface area contributed by atoms with Crippen molar-refractivity contribution in [3.8, 4) is 0 Å². The molecule has 136 valence electrons. The number of aliphatic hydroxyl groups is 1. The lowest BCUT2D eigenvalue weighted by Gasteiger charge is -2.33. The number of hydrogen-bond donors (Lipinski definition) is 1. The van der Waals surface area contributed by atoms with E-state index in [1.165, 1.54) is 0 Å². The van der Waals surface area contributed by atoms with Crippen molar-refractivity contribution in [1.82, 2.24) is 0 Å². The number of rotatable bonds is 3. The zero-order valence-corrected chi connectivity index (χ0v) is 14.9. The van der Waals surface area contributed by atoms with E-state index in [1.54, 1.807) is 0 Å². The smallest absolute Gasteiger partial charge is 0.334 e. The van der Waals surface area contributed by atoms with Crippen LogP contribution in [0.4, 0.5) is 0 Å². The van der Waals surface area contributed by atoms with Crippen LogP contribution in [0.1, 0.15) is 39.5 Å². The highest BCUT2D eigenvalue weighted by Gasteiger charge is 2.60. The van der Waals surface area contributed by atoms with Gasteiger partial charge in [-0.2, -0.15) is 0 Å². The molecule has 1 saturated heterocycles. The summed E-state index contributed by atoms with van der Waals surface area (Å²) in [6.07, 6.45) is 1.01. The molecule has 1 aliphatic heterocycles. The minimum absolute atomic E-state index is 0.163. The van der Waals surface area contributed by atoms with Crippen LogP contribution in [0.5, 0.6) is 0 Å². The van der Waals surface area contributed by atoms with Crippen molar-refractivity contribution in [3.05, 3.63) is 36.5 Å². The first-order chi connectivity index (χ1) is 11.7. The standard InChI is InChI=1S/C20H26O5/c1-6-10(2)18(21)24-15-9-20(23)11(3)7-8-14-12(4)19(22)25-17(14)16(20)13(15)5/h10,14-17,23H,3-9H2,1-2H3/t10-,14+,15+,16-,17+,20-/m1/s1. The van der Waals surface area contributed by atoms with Gasteiger partial charge in [0.2, 0.25) is 0 Å². The summed E-state index contributed by atoms with van der Waals surface area (Å²) in [5, 5.41) is 11.4. The number of carbonyl (C=O) groups is 2. The molecule has 3 fully saturated rings. The van der Waals surface area contributed by atoms with Gasteiger partial charge in [0.25, 0.3) is 0 Å². The molecular weight excluding hydrogens is 320 g/mol. The average molecular weight is 346 g/mol. The Morgan fingerprint density at radius 3 is 2.76 bits per heavy atom. The van der Waals surface area contributed by atoms with Crippen molar-refractivity contribution in [2.75, 3.05) is 0 Å². The van der Waals surface area contributed by atoms with E-state index in [-0.39, 0.29) is 24.2 Å². The molecule has 3 aliphatic rings. The summed E-state index contributed by atoms with van der Waals surface area (Å²) in [5.74, 6) is -1.62. The third-order valence-corrected chi connectivity index (χ3v) is 6.14. The lowest BCUT2D eigenvalue weighted by atomic mass is 9.78. The van der Waals surface area contributed by atoms with E-state index in [0.29, 0.717) is 36.0 Å². The number of fused-ring (bicyclic) bond motifs is 3. The molecule has 1 N–H and O–H groups in total. The summed E-state index contributed by atoms with van der Waals surface area (Å²) in [5.41, 5.74) is 0.440. The van der Waals surface area contributed by atoms with Crippen molar-refractivity contribution in [1.29, 1.82) is 0 Å². The summed E-state index contributed by atoms with van der Waals surface area (Å²) in [6.45, 7) is 15.7. The fourth-order valence-corrected chi connectivity index (χ4v) is 4.25. The Kier molecular flexibility index (Phi) is 4.40. The summed E-state index contributed by atoms with van der Waals surface area (Å²) in [6, 6.07) is 0. The molecule has 0 radical (unpaired) electrons. The van der Waals surface area contributed by atoms with Gasteiger partial charge in [0.15, 0.2) is 0 Å². The Morgan fingerprint density at radius 2 is 2.12 bits per heavy atom. The molecule has 0 spiro atoms. The van der Waals surface area contributed by atoms with E-state index in [4.69, 9.17) is 9.47 Å². The van der Waals surface area contributed by atoms with Crippen molar-refractivity contribution >= 4 is 11.9 Å². The van der Waals surface area contributed by atoms with E-state index < -0.39 is 29.7 Å². The molecule has 25 heavy (non-hydrogen) atoms. The predicted molar refractivity (Wildman–Crippen MR) is 92.4 cm³/mol. The van der Waals surface area contributed by atoms with Crippen molar-refractivity contribution in [3.63, 3.8) is 0 Å². The van der Waals surface area contributed by atoms with Gasteiger partial charge in [-0.3, -0.25) is 4.79 Å². The van der Waals surface area contributed by atoms with Crippen molar-refractivity contribution in [2.24, 2.45) is 17.8 Å². The van der Waals surface area contributed by atoms with Crippen LogP contribution >= 0.6 is 0 Å². The Hall–Kier alpha value is -1.88. The number of carbonyl (C=O) groups excluding carboxylic acids is 2. The Labute approximate surface area is 148 Å². The first-order valence-corrected chi connectivity index (χ1v) is 8.90. The first kappa shape index (κ1) is 17.9. The molecule has 5 nitrogen and oxygen atoms in total. The first-order valence-electron chi connectivity index (χ1n) is 8.90. The molecule has 0 bridgehead atoms. The normalized spacial score (nSPS) is 38.7. The molecule has 0 unspecified atom stereocenters. The zero-order valence-electron chi connectivity index (χ0n) is 14.9. The molecule has 0 amide bonds. The largest absolute Gasteiger partial charge is 0.458 e. The minimum Gasteiger partial charge on any atom is -0.458 e. The maximum atomic E-state index is 12.2. The van der Waals surface area contributed by atoms with Gasteiger partial charge in [-0.05, 0) is 30.4 Å². The SMILES string of the molecule is C=C1[C@@H](OC(=O)[C@H](C)CC)C[C@@]2(O)C(=C)CC[C@H]3C(=C)C(=O)O[C@@H]3[C@@H]12. The van der Waals surface area contributed by atoms with Gasteiger partial charge in [0.05, 0.1) is 17.4 Å². The predicted octanol–water partition coefficient (Wildman–Crippen LogP) is 2.70. The zero-order chi connectivity index (χ0) is 18.5. The van der Waals surface area contributed by atoms with Crippen molar-refractivity contribution in [2.45, 2.75) is 57.3 Å². The van der Waals surface area contributed by atoms with Gasteiger partial charge in [0, 0.05) is 17.9 Å². The molecular formula is C20H26O5. The molecule has 0 aromatic carbocycles. The van der Waals surface area contributed by atoms with E-state index in [9.17, 15) is 14.7 Å². The summed E-state index contributed by atoms with van der Waals surface area (Å²) >= 11 is 0. The van der Waals surface area contributed by atoms with Gasteiger partial charge in [-0.25, -0.2) is 4.79 Å². The highest BCUT2D eigenvalue weighted by atomic mass is 16.6. The summed E-state index contributed by atoms with van der Waals surface area (Å²) in [4.78, 5) is 24.2. The average Bonchev–Trinajstić information content (AvgIpc) is 2.94. The molecule has 2 aliphatic carbocycles. The highest BCUT2D eigenvalue weighted by Crippen LogP contribution is 2.54. The number of hydrogen-bond acceptors (Lipinski definition) is 5. The maximum absolute atomic E-state index is 12.2. The van der Waals surface area contributed by atoms with Crippen LogP contribution in [0, 0.1) is 17.8 Å². The Bertz CT molecular complexity index is 663. The van der Waals surface area contributed by atoms with Crippen LogP contribution in [0.2, 0.25) is 0 Å². The van der Waals surface area contributed by atoms with Crippen LogP contribution in [0.3, 0.4) is 0 Å².